The lowest BCUT2D eigenvalue weighted by atomic mass is 10.1. The molecule has 0 amide bonds. The molecule has 0 aromatic carbocycles. The second-order valence-electron chi connectivity index (χ2n) is 3.70. The molecule has 0 N–H and O–H groups in total. The van der Waals surface area contributed by atoms with Gasteiger partial charge in [0.05, 0.1) is 5.69 Å². The summed E-state index contributed by atoms with van der Waals surface area (Å²) in [6, 6.07) is 0. The molecule has 5 nitrogen and oxygen atoms in total. The summed E-state index contributed by atoms with van der Waals surface area (Å²) in [4.78, 5) is 25.8. The Morgan fingerprint density at radius 2 is 1.88 bits per heavy atom. The zero-order chi connectivity index (χ0) is 13.0. The van der Waals surface area contributed by atoms with Crippen LogP contribution in [0.2, 0.25) is 0 Å². The molecule has 1 aromatic rings. The molecule has 0 aliphatic heterocycles. The quantitative estimate of drug-likeness (QED) is 0.748. The van der Waals surface area contributed by atoms with E-state index in [-0.39, 0.29) is 12.6 Å². The van der Waals surface area contributed by atoms with Gasteiger partial charge in [-0.15, -0.1) is 0 Å². The van der Waals surface area contributed by atoms with Gasteiger partial charge in [0, 0.05) is 31.2 Å². The Bertz CT molecular complexity index is 454. The molecule has 0 bridgehead atoms. The number of carbonyl (C=O) groups excluding carboxylic acids is 2. The molecule has 5 heteroatoms. The molecule has 0 unspecified atom stereocenters. The zero-order valence-corrected chi connectivity index (χ0v) is 10.4. The maximum atomic E-state index is 11.0. The van der Waals surface area contributed by atoms with Gasteiger partial charge in [-0.2, -0.15) is 0 Å². The highest BCUT2D eigenvalue weighted by molar-refractivity contribution is 5.70. The van der Waals surface area contributed by atoms with Crippen LogP contribution in [-0.2, 0) is 20.9 Å². The largest absolute Gasteiger partial charge is 0.461 e. The molecule has 1 rings (SSSR count). The van der Waals surface area contributed by atoms with Gasteiger partial charge in [0.15, 0.2) is 5.75 Å². The Balaban J connectivity index is 3.01. The number of hydrogen-bond acceptors (Lipinski definition) is 5. The van der Waals surface area contributed by atoms with Gasteiger partial charge in [-0.05, 0) is 13.8 Å². The van der Waals surface area contributed by atoms with Gasteiger partial charge in [0.25, 0.3) is 0 Å². The maximum Gasteiger partial charge on any atom is 0.308 e. The number of hydrogen-bond donors (Lipinski definition) is 0. The first-order valence-corrected chi connectivity index (χ1v) is 5.18. The summed E-state index contributed by atoms with van der Waals surface area (Å²) in [6.07, 6.45) is 1.61. The lowest BCUT2D eigenvalue weighted by Gasteiger charge is -2.12. The molecule has 92 valence electrons. The number of rotatable bonds is 3. The van der Waals surface area contributed by atoms with E-state index >= 15 is 0 Å². The minimum Gasteiger partial charge on any atom is -0.461 e. The molecular formula is C12H15NO4. The first-order valence-electron chi connectivity index (χ1n) is 5.18. The Labute approximate surface area is 99.8 Å². The predicted molar refractivity (Wildman–Crippen MR) is 60.5 cm³/mol. The van der Waals surface area contributed by atoms with E-state index < -0.39 is 5.97 Å². The van der Waals surface area contributed by atoms with Crippen LogP contribution in [-0.4, -0.2) is 16.9 Å². The van der Waals surface area contributed by atoms with Crippen molar-refractivity contribution in [2.45, 2.75) is 34.3 Å². The molecule has 0 radical (unpaired) electrons. The monoisotopic (exact) mass is 237 g/mol. The van der Waals surface area contributed by atoms with E-state index in [2.05, 4.69) is 4.98 Å². The van der Waals surface area contributed by atoms with Crippen LogP contribution in [0.5, 0.6) is 5.75 Å². The minimum atomic E-state index is -0.400. The van der Waals surface area contributed by atoms with Crippen LogP contribution >= 0.6 is 0 Å². The summed E-state index contributed by atoms with van der Waals surface area (Å²) in [7, 11) is 0. The summed E-state index contributed by atoms with van der Waals surface area (Å²) >= 11 is 0. The normalized spacial score (nSPS) is 9.88. The summed E-state index contributed by atoms with van der Waals surface area (Å²) in [5.41, 5.74) is 2.11. The second kappa shape index (κ2) is 5.43. The van der Waals surface area contributed by atoms with E-state index in [9.17, 15) is 9.59 Å². The Hall–Kier alpha value is -1.91. The average Bonchev–Trinajstić information content (AvgIpc) is 2.22. The fourth-order valence-corrected chi connectivity index (χ4v) is 1.37. The topological polar surface area (TPSA) is 65.5 Å². The molecule has 17 heavy (non-hydrogen) atoms. The smallest absolute Gasteiger partial charge is 0.308 e. The van der Waals surface area contributed by atoms with Crippen molar-refractivity contribution in [1.29, 1.82) is 0 Å². The van der Waals surface area contributed by atoms with Crippen LogP contribution in [0, 0.1) is 13.8 Å². The molecule has 0 aliphatic rings. The van der Waals surface area contributed by atoms with E-state index in [0.29, 0.717) is 11.4 Å². The third-order valence-corrected chi connectivity index (χ3v) is 2.24. The van der Waals surface area contributed by atoms with Gasteiger partial charge >= 0.3 is 11.9 Å². The number of ether oxygens (including phenoxy) is 2. The lowest BCUT2D eigenvalue weighted by Crippen LogP contribution is -2.08. The maximum absolute atomic E-state index is 11.0. The summed E-state index contributed by atoms with van der Waals surface area (Å²) in [5, 5.41) is 0. The van der Waals surface area contributed by atoms with Crippen LogP contribution in [0.15, 0.2) is 6.20 Å². The minimum absolute atomic E-state index is 0.128. The van der Waals surface area contributed by atoms with Gasteiger partial charge in [-0.1, -0.05) is 0 Å². The van der Waals surface area contributed by atoms with Crippen LogP contribution in [0.1, 0.15) is 30.7 Å². The molecular weight excluding hydrogens is 222 g/mol. The Kier molecular flexibility index (Phi) is 4.20. The van der Waals surface area contributed by atoms with E-state index in [1.165, 1.54) is 13.8 Å². The van der Waals surface area contributed by atoms with E-state index in [0.717, 1.165) is 11.1 Å². The van der Waals surface area contributed by atoms with Gasteiger partial charge in [-0.25, -0.2) is 0 Å². The van der Waals surface area contributed by atoms with E-state index in [1.807, 2.05) is 0 Å². The fourth-order valence-electron chi connectivity index (χ4n) is 1.37. The SMILES string of the molecule is CC(=O)OCc1cnc(C)c(OC(C)=O)c1C. The number of aromatic nitrogens is 1. The summed E-state index contributed by atoms with van der Waals surface area (Å²) < 4.78 is 9.97. The fraction of sp³-hybridized carbons (Fsp3) is 0.417. The van der Waals surface area contributed by atoms with Crippen LogP contribution in [0.3, 0.4) is 0 Å². The van der Waals surface area contributed by atoms with Crippen molar-refractivity contribution < 1.29 is 19.1 Å². The van der Waals surface area contributed by atoms with Gasteiger partial charge in [0.1, 0.15) is 6.61 Å². The van der Waals surface area contributed by atoms with Crippen molar-refractivity contribution in [1.82, 2.24) is 4.98 Å². The van der Waals surface area contributed by atoms with Crippen molar-refractivity contribution in [3.8, 4) is 5.75 Å². The van der Waals surface area contributed by atoms with Crippen molar-refractivity contribution in [2.75, 3.05) is 0 Å². The Morgan fingerprint density at radius 1 is 1.24 bits per heavy atom. The summed E-state index contributed by atoms with van der Waals surface area (Å²) in [6.45, 7) is 6.34. The number of aryl methyl sites for hydroxylation is 1. The van der Waals surface area contributed by atoms with E-state index in [1.54, 1.807) is 20.0 Å². The van der Waals surface area contributed by atoms with Gasteiger partial charge in [0.2, 0.25) is 0 Å². The molecule has 0 atom stereocenters. The van der Waals surface area contributed by atoms with Crippen LogP contribution in [0.4, 0.5) is 0 Å². The highest BCUT2D eigenvalue weighted by atomic mass is 16.5. The average molecular weight is 237 g/mol. The second-order valence-corrected chi connectivity index (χ2v) is 3.70. The van der Waals surface area contributed by atoms with Crippen molar-refractivity contribution in [3.63, 3.8) is 0 Å². The first kappa shape index (κ1) is 13.2. The van der Waals surface area contributed by atoms with Gasteiger partial charge < -0.3 is 9.47 Å². The molecule has 0 saturated carbocycles. The number of pyridine rings is 1. The van der Waals surface area contributed by atoms with Gasteiger partial charge in [-0.3, -0.25) is 14.6 Å². The molecule has 0 saturated heterocycles. The predicted octanol–water partition coefficient (Wildman–Crippen LogP) is 1.69. The summed E-state index contributed by atoms with van der Waals surface area (Å²) in [5.74, 6) is -0.330. The highest BCUT2D eigenvalue weighted by Gasteiger charge is 2.12. The van der Waals surface area contributed by atoms with Crippen LogP contribution in [0.25, 0.3) is 0 Å². The van der Waals surface area contributed by atoms with Crippen LogP contribution < -0.4 is 4.74 Å². The molecule has 1 heterocycles. The molecule has 0 spiro atoms. The van der Waals surface area contributed by atoms with Crippen molar-refractivity contribution in [3.05, 3.63) is 23.0 Å². The highest BCUT2D eigenvalue weighted by Crippen LogP contribution is 2.24. The standard InChI is InChI=1S/C12H15NO4/c1-7-11(6-16-9(3)14)5-13-8(2)12(7)17-10(4)15/h5H,6H2,1-4H3. The third-order valence-electron chi connectivity index (χ3n) is 2.24. The third kappa shape index (κ3) is 3.55. The lowest BCUT2D eigenvalue weighted by molar-refractivity contribution is -0.142. The zero-order valence-electron chi connectivity index (χ0n) is 10.4. The Morgan fingerprint density at radius 3 is 2.41 bits per heavy atom. The number of carbonyl (C=O) groups is 2. The van der Waals surface area contributed by atoms with Crippen molar-refractivity contribution in [2.24, 2.45) is 0 Å². The number of esters is 2. The molecule has 1 aromatic heterocycles. The molecule has 0 fully saturated rings. The number of nitrogens with zero attached hydrogens (tertiary/aromatic N) is 1. The molecule has 0 aliphatic carbocycles. The van der Waals surface area contributed by atoms with Crippen molar-refractivity contribution >= 4 is 11.9 Å². The van der Waals surface area contributed by atoms with E-state index in [4.69, 9.17) is 9.47 Å². The first-order chi connectivity index (χ1) is 7.91.